The summed E-state index contributed by atoms with van der Waals surface area (Å²) in [6, 6.07) is 0. The fourth-order valence-corrected chi connectivity index (χ4v) is 9.09. The number of carbonyl (C=O) groups excluding carboxylic acids is 1. The molecule has 0 spiro atoms. The lowest BCUT2D eigenvalue weighted by molar-refractivity contribution is -0.148. The van der Waals surface area contributed by atoms with E-state index in [0.29, 0.717) is 16.9 Å². The Labute approximate surface area is 191 Å². The maximum absolute atomic E-state index is 11.5. The third kappa shape index (κ3) is 3.88. The Morgan fingerprint density at radius 1 is 1.06 bits per heavy atom. The van der Waals surface area contributed by atoms with Gasteiger partial charge < -0.3 is 9.16 Å². The van der Waals surface area contributed by atoms with Gasteiger partial charge in [0.15, 0.2) is 8.32 Å². The summed E-state index contributed by atoms with van der Waals surface area (Å²) in [5, 5.41) is 0.273. The predicted octanol–water partition coefficient (Wildman–Crippen LogP) is 7.27. The molecule has 0 heterocycles. The smallest absolute Gasteiger partial charge is 0.302 e. The summed E-state index contributed by atoms with van der Waals surface area (Å²) in [4.78, 5) is 11.5. The molecule has 31 heavy (non-hydrogen) atoms. The molecular weight excluding hydrogens is 400 g/mol. The second kappa shape index (κ2) is 7.72. The topological polar surface area (TPSA) is 35.5 Å². The molecule has 3 saturated carbocycles. The van der Waals surface area contributed by atoms with Gasteiger partial charge in [-0.25, -0.2) is 0 Å². The molecule has 4 aliphatic carbocycles. The van der Waals surface area contributed by atoms with Gasteiger partial charge in [0.2, 0.25) is 0 Å². The highest BCUT2D eigenvalue weighted by atomic mass is 28.4. The summed E-state index contributed by atoms with van der Waals surface area (Å²) in [5.41, 5.74) is 2.23. The summed E-state index contributed by atoms with van der Waals surface area (Å²) >= 11 is 0. The van der Waals surface area contributed by atoms with Gasteiger partial charge in [0.05, 0.1) is 6.10 Å². The second-order valence-electron chi connectivity index (χ2n) is 13.2. The van der Waals surface area contributed by atoms with Crippen LogP contribution in [0.15, 0.2) is 11.6 Å². The van der Waals surface area contributed by atoms with Crippen LogP contribution in [0.2, 0.25) is 18.1 Å². The zero-order chi connectivity index (χ0) is 22.8. The number of allylic oxidation sites excluding steroid dienone is 1. The predicted molar refractivity (Wildman–Crippen MR) is 129 cm³/mol. The minimum absolute atomic E-state index is 0.0936. The molecule has 4 heteroatoms. The van der Waals surface area contributed by atoms with E-state index in [4.69, 9.17) is 9.16 Å². The van der Waals surface area contributed by atoms with Crippen molar-refractivity contribution in [2.24, 2.45) is 28.6 Å². The molecule has 0 aliphatic heterocycles. The van der Waals surface area contributed by atoms with Crippen LogP contribution in [0.4, 0.5) is 0 Å². The monoisotopic (exact) mass is 446 g/mol. The molecule has 3 nitrogen and oxygen atoms in total. The fourth-order valence-electron chi connectivity index (χ4n) is 7.64. The SMILES string of the molecule is CC(=O)OC1CC[C@@]2(C)C(=CC[C@H]3[C@@H]4CC[C@H](O[Si](C)(C)C(C)(C)C)[C@@]4(C)CC[C@@H]32)C1. The van der Waals surface area contributed by atoms with E-state index in [0.717, 1.165) is 30.6 Å². The Bertz CT molecular complexity index is 750. The molecule has 7 atom stereocenters. The van der Waals surface area contributed by atoms with Gasteiger partial charge in [-0.1, -0.05) is 46.3 Å². The highest BCUT2D eigenvalue weighted by Gasteiger charge is 2.60. The first-order valence-corrected chi connectivity index (χ1v) is 15.7. The van der Waals surface area contributed by atoms with Crippen molar-refractivity contribution in [2.75, 3.05) is 0 Å². The van der Waals surface area contributed by atoms with Crippen LogP contribution in [0.3, 0.4) is 0 Å². The van der Waals surface area contributed by atoms with Gasteiger partial charge in [-0.3, -0.25) is 4.79 Å². The molecule has 1 unspecified atom stereocenters. The number of fused-ring (bicyclic) bond motifs is 5. The molecular formula is C27H46O3Si. The average Bonchev–Trinajstić information content (AvgIpc) is 2.96. The maximum Gasteiger partial charge on any atom is 0.302 e. The van der Waals surface area contributed by atoms with Crippen LogP contribution in [0.25, 0.3) is 0 Å². The normalized spacial score (nSPS) is 42.8. The number of esters is 1. The first-order valence-electron chi connectivity index (χ1n) is 12.8. The maximum atomic E-state index is 11.5. The van der Waals surface area contributed by atoms with E-state index in [2.05, 4.69) is 53.8 Å². The van der Waals surface area contributed by atoms with E-state index in [9.17, 15) is 4.79 Å². The lowest BCUT2D eigenvalue weighted by atomic mass is 9.48. The van der Waals surface area contributed by atoms with Crippen molar-refractivity contribution in [3.05, 3.63) is 11.6 Å². The largest absolute Gasteiger partial charge is 0.462 e. The highest BCUT2D eigenvalue weighted by molar-refractivity contribution is 6.74. The number of hydrogen-bond acceptors (Lipinski definition) is 3. The molecule has 0 bridgehead atoms. The lowest BCUT2D eigenvalue weighted by Gasteiger charge is -2.58. The van der Waals surface area contributed by atoms with Gasteiger partial charge in [0.25, 0.3) is 0 Å². The highest BCUT2D eigenvalue weighted by Crippen LogP contribution is 2.65. The third-order valence-electron chi connectivity index (χ3n) is 10.5. The van der Waals surface area contributed by atoms with Crippen molar-refractivity contribution >= 4 is 14.3 Å². The first-order chi connectivity index (χ1) is 14.3. The van der Waals surface area contributed by atoms with Gasteiger partial charge >= 0.3 is 5.97 Å². The van der Waals surface area contributed by atoms with Crippen molar-refractivity contribution in [1.29, 1.82) is 0 Å². The number of rotatable bonds is 3. The molecule has 0 aromatic rings. The van der Waals surface area contributed by atoms with Crippen LogP contribution >= 0.6 is 0 Å². The Balaban J connectivity index is 1.53. The van der Waals surface area contributed by atoms with Gasteiger partial charge in [-0.05, 0) is 91.7 Å². The van der Waals surface area contributed by atoms with E-state index in [-0.39, 0.29) is 17.1 Å². The van der Waals surface area contributed by atoms with Crippen LogP contribution in [-0.2, 0) is 14.0 Å². The van der Waals surface area contributed by atoms with Crippen LogP contribution in [-0.4, -0.2) is 26.5 Å². The second-order valence-corrected chi connectivity index (χ2v) is 18.0. The molecule has 176 valence electrons. The Kier molecular flexibility index (Phi) is 5.86. The summed E-state index contributed by atoms with van der Waals surface area (Å²) in [5.74, 6) is 2.25. The summed E-state index contributed by atoms with van der Waals surface area (Å²) in [7, 11) is -1.75. The van der Waals surface area contributed by atoms with E-state index in [1.807, 2.05) is 0 Å². The van der Waals surface area contributed by atoms with Crippen LogP contribution in [0, 0.1) is 28.6 Å². The van der Waals surface area contributed by atoms with Crippen molar-refractivity contribution in [3.63, 3.8) is 0 Å². The van der Waals surface area contributed by atoms with Crippen molar-refractivity contribution in [3.8, 4) is 0 Å². The van der Waals surface area contributed by atoms with Gasteiger partial charge in [0, 0.05) is 13.3 Å². The fraction of sp³-hybridized carbons (Fsp3) is 0.889. The first kappa shape index (κ1) is 23.5. The molecule has 0 radical (unpaired) electrons. The number of ether oxygens (including phenoxy) is 1. The zero-order valence-electron chi connectivity index (χ0n) is 21.3. The van der Waals surface area contributed by atoms with Crippen molar-refractivity contribution < 1.29 is 14.0 Å². The zero-order valence-corrected chi connectivity index (χ0v) is 22.3. The third-order valence-corrected chi connectivity index (χ3v) is 15.0. The van der Waals surface area contributed by atoms with Crippen LogP contribution in [0.1, 0.15) is 92.9 Å². The average molecular weight is 447 g/mol. The molecule has 4 aliphatic rings. The summed E-state index contributed by atoms with van der Waals surface area (Å²) in [6.07, 6.45) is 12.7. The molecule has 0 N–H and O–H groups in total. The van der Waals surface area contributed by atoms with Crippen molar-refractivity contribution in [1.82, 2.24) is 0 Å². The Hall–Kier alpha value is -0.613. The van der Waals surface area contributed by atoms with E-state index >= 15 is 0 Å². The Morgan fingerprint density at radius 2 is 1.77 bits per heavy atom. The van der Waals surface area contributed by atoms with Gasteiger partial charge in [0.1, 0.15) is 6.10 Å². The minimum Gasteiger partial charge on any atom is -0.462 e. The molecule has 0 aromatic heterocycles. The van der Waals surface area contributed by atoms with Crippen LogP contribution < -0.4 is 0 Å². The van der Waals surface area contributed by atoms with Gasteiger partial charge in [-0.15, -0.1) is 0 Å². The minimum atomic E-state index is -1.75. The molecule has 0 amide bonds. The molecule has 0 saturated heterocycles. The summed E-state index contributed by atoms with van der Waals surface area (Å²) in [6.45, 7) is 18.6. The summed E-state index contributed by atoms with van der Waals surface area (Å²) < 4.78 is 12.7. The lowest BCUT2D eigenvalue weighted by Crippen LogP contribution is -2.53. The number of carbonyl (C=O) groups is 1. The van der Waals surface area contributed by atoms with Gasteiger partial charge in [-0.2, -0.15) is 0 Å². The Morgan fingerprint density at radius 3 is 2.42 bits per heavy atom. The van der Waals surface area contributed by atoms with Crippen molar-refractivity contribution in [2.45, 2.75) is 123 Å². The number of hydrogen-bond donors (Lipinski definition) is 0. The molecule has 4 rings (SSSR count). The quantitative estimate of drug-likeness (QED) is 0.260. The standard InChI is InChI=1S/C27H46O3Si/c1-18(28)29-20-13-15-26(5)19(17-20)9-10-21-22-11-12-24(27(22,6)16-14-23(21)26)30-31(7,8)25(2,3)4/h9,20-24H,10-17H2,1-8H3/t20?,21-,22-,23-,24-,26-,27-/m0/s1. The van der Waals surface area contributed by atoms with E-state index < -0.39 is 8.32 Å². The molecule has 3 fully saturated rings. The molecule has 0 aromatic carbocycles. The van der Waals surface area contributed by atoms with E-state index in [1.165, 1.54) is 38.5 Å². The van der Waals surface area contributed by atoms with E-state index in [1.54, 1.807) is 12.5 Å². The van der Waals surface area contributed by atoms with Crippen LogP contribution in [0.5, 0.6) is 0 Å².